The zero-order valence-corrected chi connectivity index (χ0v) is 16.1. The van der Waals surface area contributed by atoms with Gasteiger partial charge in [0, 0.05) is 0 Å². The van der Waals surface area contributed by atoms with Gasteiger partial charge in [-0.15, -0.1) is 0 Å². The smallest absolute Gasteiger partial charge is 0.329 e. The van der Waals surface area contributed by atoms with Gasteiger partial charge in [0.25, 0.3) is 0 Å². The molecule has 4 aliphatic rings. The highest BCUT2D eigenvalue weighted by molar-refractivity contribution is 5.68. The minimum Gasteiger partial charge on any atom is -0.480 e. The van der Waals surface area contributed by atoms with Crippen molar-refractivity contribution in [3.8, 4) is 0 Å². The first-order chi connectivity index (χ1) is 11.8. The normalized spacial score (nSPS) is 48.9. The van der Waals surface area contributed by atoms with Gasteiger partial charge in [-0.2, -0.15) is 0 Å². The van der Waals surface area contributed by atoms with Crippen LogP contribution in [0.1, 0.15) is 72.1 Å². The Labute approximate surface area is 152 Å². The van der Waals surface area contributed by atoms with Gasteiger partial charge < -0.3 is 9.84 Å². The summed E-state index contributed by atoms with van der Waals surface area (Å²) in [5.74, 6) is 2.69. The van der Waals surface area contributed by atoms with Crippen molar-refractivity contribution < 1.29 is 14.6 Å². The summed E-state index contributed by atoms with van der Waals surface area (Å²) in [6.07, 6.45) is 12.7. The molecule has 7 atom stereocenters. The molecule has 1 N–H and O–H groups in total. The van der Waals surface area contributed by atoms with Crippen molar-refractivity contribution in [1.29, 1.82) is 0 Å². The molecule has 3 fully saturated rings. The molecule has 7 unspecified atom stereocenters. The number of hydrogen-bond donors (Lipinski definition) is 1. The second-order valence-electron chi connectivity index (χ2n) is 9.83. The molecule has 0 spiro atoms. The fourth-order valence-electron chi connectivity index (χ4n) is 7.27. The summed E-state index contributed by atoms with van der Waals surface area (Å²) in [6.45, 7) is 7.40. The van der Waals surface area contributed by atoms with Gasteiger partial charge in [-0.3, -0.25) is 0 Å². The maximum atomic E-state index is 10.8. The third kappa shape index (κ3) is 2.69. The van der Waals surface area contributed by atoms with E-state index in [0.29, 0.717) is 10.8 Å². The van der Waals surface area contributed by atoms with Crippen LogP contribution in [0.25, 0.3) is 0 Å². The van der Waals surface area contributed by atoms with Crippen molar-refractivity contribution in [2.24, 2.45) is 34.5 Å². The summed E-state index contributed by atoms with van der Waals surface area (Å²) < 4.78 is 5.60. The second kappa shape index (κ2) is 6.11. The predicted octanol–water partition coefficient (Wildman–Crippen LogP) is 5.06. The topological polar surface area (TPSA) is 46.5 Å². The number of hydrogen-bond acceptors (Lipinski definition) is 2. The Morgan fingerprint density at radius 2 is 1.96 bits per heavy atom. The van der Waals surface area contributed by atoms with Crippen molar-refractivity contribution in [3.63, 3.8) is 0 Å². The van der Waals surface area contributed by atoms with Crippen molar-refractivity contribution in [2.45, 2.75) is 78.2 Å². The Morgan fingerprint density at radius 3 is 2.72 bits per heavy atom. The van der Waals surface area contributed by atoms with Crippen LogP contribution in [0.5, 0.6) is 0 Å². The Balaban J connectivity index is 1.55. The van der Waals surface area contributed by atoms with Crippen LogP contribution in [-0.4, -0.2) is 23.8 Å². The lowest BCUT2D eigenvalue weighted by Gasteiger charge is -2.58. The summed E-state index contributed by atoms with van der Waals surface area (Å²) in [4.78, 5) is 10.8. The van der Waals surface area contributed by atoms with Crippen molar-refractivity contribution in [1.82, 2.24) is 0 Å². The molecule has 4 aliphatic carbocycles. The van der Waals surface area contributed by atoms with Gasteiger partial charge in [0.15, 0.2) is 0 Å². The van der Waals surface area contributed by atoms with E-state index in [1.54, 1.807) is 5.57 Å². The average Bonchev–Trinajstić information content (AvgIpc) is 2.88. The highest BCUT2D eigenvalue weighted by Gasteiger charge is 2.57. The molecule has 25 heavy (non-hydrogen) atoms. The lowest BCUT2D eigenvalue weighted by molar-refractivity contribution is -0.144. The largest absolute Gasteiger partial charge is 0.480 e. The molecule has 0 aromatic rings. The van der Waals surface area contributed by atoms with Gasteiger partial charge in [-0.1, -0.05) is 32.4 Å². The molecule has 3 heteroatoms. The van der Waals surface area contributed by atoms with Gasteiger partial charge in [0.05, 0.1) is 6.10 Å². The lowest BCUT2D eigenvalue weighted by Crippen LogP contribution is -2.50. The van der Waals surface area contributed by atoms with E-state index in [9.17, 15) is 4.79 Å². The average molecular weight is 347 g/mol. The van der Waals surface area contributed by atoms with E-state index in [4.69, 9.17) is 9.84 Å². The number of allylic oxidation sites excluding steroid dienone is 1. The summed E-state index contributed by atoms with van der Waals surface area (Å²) in [5, 5.41) is 8.87. The first-order valence-corrected chi connectivity index (χ1v) is 10.4. The van der Waals surface area contributed by atoms with Gasteiger partial charge in [0.2, 0.25) is 0 Å². The molecule has 3 nitrogen and oxygen atoms in total. The number of carboxylic acid groups (broad SMARTS) is 1. The molecule has 0 aromatic heterocycles. The van der Waals surface area contributed by atoms with Crippen LogP contribution in [0, 0.1) is 34.5 Å². The van der Waals surface area contributed by atoms with Crippen molar-refractivity contribution in [2.75, 3.05) is 6.61 Å². The van der Waals surface area contributed by atoms with E-state index >= 15 is 0 Å². The van der Waals surface area contributed by atoms with Gasteiger partial charge in [-0.05, 0) is 85.9 Å². The quantitative estimate of drug-likeness (QED) is 0.727. The molecular weight excluding hydrogens is 312 g/mol. The van der Waals surface area contributed by atoms with E-state index in [2.05, 4.69) is 26.8 Å². The summed E-state index contributed by atoms with van der Waals surface area (Å²) in [6, 6.07) is 0. The van der Waals surface area contributed by atoms with Crippen LogP contribution >= 0.6 is 0 Å². The molecule has 0 radical (unpaired) electrons. The number of carbonyl (C=O) groups is 1. The minimum atomic E-state index is -0.864. The van der Waals surface area contributed by atoms with Crippen LogP contribution < -0.4 is 0 Å². The van der Waals surface area contributed by atoms with Crippen molar-refractivity contribution >= 4 is 5.97 Å². The Kier molecular flexibility index (Phi) is 4.30. The maximum absolute atomic E-state index is 10.8. The standard InChI is InChI=1S/C22H34O3/c1-14-4-7-18-17-6-5-15-12-16(25-13-20(23)24)8-10-22(15,3)19(17)9-11-21(14,18)2/h12,14,16-19H,4-11,13H2,1-3H3,(H,23,24). The summed E-state index contributed by atoms with van der Waals surface area (Å²) in [7, 11) is 0. The zero-order valence-electron chi connectivity index (χ0n) is 16.1. The molecule has 0 heterocycles. The van der Waals surface area contributed by atoms with Crippen LogP contribution in [-0.2, 0) is 9.53 Å². The SMILES string of the molecule is CC1CCC2C3CCC4=CC(OCC(=O)O)CCC4(C)C3CCC12C. The van der Waals surface area contributed by atoms with Crippen LogP contribution in [0.2, 0.25) is 0 Å². The fourth-order valence-corrected chi connectivity index (χ4v) is 7.27. The van der Waals surface area contributed by atoms with E-state index in [-0.39, 0.29) is 12.7 Å². The third-order valence-electron chi connectivity index (χ3n) is 8.97. The molecule has 0 amide bonds. The molecule has 0 aromatic carbocycles. The highest BCUT2D eigenvalue weighted by atomic mass is 16.5. The van der Waals surface area contributed by atoms with Crippen LogP contribution in [0.3, 0.4) is 0 Å². The van der Waals surface area contributed by atoms with Gasteiger partial charge in [-0.25, -0.2) is 4.79 Å². The number of fused-ring (bicyclic) bond motifs is 5. The van der Waals surface area contributed by atoms with E-state index in [1.807, 2.05) is 0 Å². The molecule has 3 saturated carbocycles. The molecular formula is C22H34O3. The maximum Gasteiger partial charge on any atom is 0.329 e. The predicted molar refractivity (Wildman–Crippen MR) is 98.2 cm³/mol. The number of ether oxygens (including phenoxy) is 1. The summed E-state index contributed by atoms with van der Waals surface area (Å²) in [5.41, 5.74) is 2.49. The number of rotatable bonds is 3. The monoisotopic (exact) mass is 346 g/mol. The molecule has 140 valence electrons. The Hall–Kier alpha value is -0.830. The fraction of sp³-hybridized carbons (Fsp3) is 0.864. The Morgan fingerprint density at radius 1 is 1.16 bits per heavy atom. The number of aliphatic carboxylic acids is 1. The molecule has 0 saturated heterocycles. The number of carboxylic acids is 1. The first kappa shape index (κ1) is 17.6. The second-order valence-corrected chi connectivity index (χ2v) is 9.83. The highest BCUT2D eigenvalue weighted by Crippen LogP contribution is 2.66. The van der Waals surface area contributed by atoms with Crippen LogP contribution in [0.4, 0.5) is 0 Å². The van der Waals surface area contributed by atoms with E-state index in [1.165, 1.54) is 44.9 Å². The van der Waals surface area contributed by atoms with Gasteiger partial charge in [0.1, 0.15) is 6.61 Å². The molecule has 0 bridgehead atoms. The van der Waals surface area contributed by atoms with Crippen molar-refractivity contribution in [3.05, 3.63) is 11.6 Å². The van der Waals surface area contributed by atoms with Crippen LogP contribution in [0.15, 0.2) is 11.6 Å². The van der Waals surface area contributed by atoms with Gasteiger partial charge >= 0.3 is 5.97 Å². The molecule has 0 aliphatic heterocycles. The minimum absolute atomic E-state index is 0.0103. The molecule has 4 rings (SSSR count). The third-order valence-corrected chi connectivity index (χ3v) is 8.97. The zero-order chi connectivity index (χ0) is 17.8. The lowest BCUT2D eigenvalue weighted by atomic mass is 9.47. The summed E-state index contributed by atoms with van der Waals surface area (Å²) >= 11 is 0. The van der Waals surface area contributed by atoms with E-state index in [0.717, 1.165) is 30.1 Å². The first-order valence-electron chi connectivity index (χ1n) is 10.4. The van der Waals surface area contributed by atoms with E-state index < -0.39 is 5.97 Å². The Bertz CT molecular complexity index is 582.